The van der Waals surface area contributed by atoms with Crippen molar-refractivity contribution in [3.63, 3.8) is 0 Å². The molecule has 3 aromatic rings. The van der Waals surface area contributed by atoms with E-state index >= 15 is 0 Å². The minimum atomic E-state index is -0.239. The molecule has 6 heteroatoms. The highest BCUT2D eigenvalue weighted by Gasteiger charge is 2.26. The summed E-state index contributed by atoms with van der Waals surface area (Å²) in [7, 11) is 0. The lowest BCUT2D eigenvalue weighted by Gasteiger charge is -2.29. The van der Waals surface area contributed by atoms with Crippen LogP contribution in [0.2, 0.25) is 0 Å². The van der Waals surface area contributed by atoms with Crippen LogP contribution in [0, 0.1) is 5.82 Å². The zero-order valence-electron chi connectivity index (χ0n) is 19.2. The number of halogens is 1. The van der Waals surface area contributed by atoms with E-state index in [1.807, 2.05) is 23.1 Å². The summed E-state index contributed by atoms with van der Waals surface area (Å²) in [4.78, 5) is 26.3. The Labute approximate surface area is 194 Å². The van der Waals surface area contributed by atoms with Gasteiger partial charge in [-0.2, -0.15) is 0 Å². The molecule has 1 aliphatic heterocycles. The van der Waals surface area contributed by atoms with Gasteiger partial charge in [0.25, 0.3) is 0 Å². The first-order valence-electron chi connectivity index (χ1n) is 11.8. The van der Waals surface area contributed by atoms with E-state index in [0.717, 1.165) is 43.3 Å². The van der Waals surface area contributed by atoms with E-state index < -0.39 is 0 Å². The van der Waals surface area contributed by atoms with Crippen molar-refractivity contribution in [2.75, 3.05) is 13.2 Å². The zero-order valence-corrected chi connectivity index (χ0v) is 19.2. The number of benzene rings is 2. The van der Waals surface area contributed by atoms with Crippen LogP contribution in [0.15, 0.2) is 48.5 Å². The van der Waals surface area contributed by atoms with Crippen molar-refractivity contribution in [2.24, 2.45) is 0 Å². The Kier molecular flexibility index (Phi) is 7.43. The molecule has 0 atom stereocenters. The lowest BCUT2D eigenvalue weighted by atomic mass is 10.0. The Balaban J connectivity index is 1.43. The Morgan fingerprint density at radius 2 is 1.76 bits per heavy atom. The van der Waals surface area contributed by atoms with Crippen LogP contribution >= 0.6 is 0 Å². The average Bonchev–Trinajstić information content (AvgIpc) is 3.13. The van der Waals surface area contributed by atoms with Crippen LogP contribution in [0.25, 0.3) is 10.9 Å². The number of carbonyl (C=O) groups is 2. The number of aromatic nitrogens is 1. The number of ether oxygens (including phenoxy) is 1. The maximum absolute atomic E-state index is 13.4. The molecular weight excluding hydrogens is 419 g/mol. The topological polar surface area (TPSA) is 51.5 Å². The number of hydrogen-bond donors (Lipinski definition) is 0. The number of para-hydroxylation sites is 1. The standard InChI is InChI=1S/C27H31FN2O3/c1-2-33-27(32)11-5-3-4-10-26(31)29-17-16-23-22-8-6-7-9-24(22)30(25(23)19-29)18-20-12-14-21(28)15-13-20/h6-9,12-15H,2-5,10-11,16-19H2,1H3. The molecule has 4 rings (SSSR count). The maximum atomic E-state index is 13.4. The van der Waals surface area contributed by atoms with Crippen LogP contribution in [0.4, 0.5) is 4.39 Å². The fraction of sp³-hybridized carbons (Fsp3) is 0.407. The van der Waals surface area contributed by atoms with Crippen LogP contribution in [-0.4, -0.2) is 34.5 Å². The Hall–Kier alpha value is -3.15. The van der Waals surface area contributed by atoms with E-state index in [-0.39, 0.29) is 17.7 Å². The lowest BCUT2D eigenvalue weighted by molar-refractivity contribution is -0.143. The van der Waals surface area contributed by atoms with Gasteiger partial charge in [-0.3, -0.25) is 9.59 Å². The van der Waals surface area contributed by atoms with Gasteiger partial charge in [-0.15, -0.1) is 0 Å². The molecule has 33 heavy (non-hydrogen) atoms. The predicted molar refractivity (Wildman–Crippen MR) is 126 cm³/mol. The summed E-state index contributed by atoms with van der Waals surface area (Å²) in [5, 5.41) is 1.24. The molecule has 0 radical (unpaired) electrons. The van der Waals surface area contributed by atoms with Crippen molar-refractivity contribution < 1.29 is 18.7 Å². The largest absolute Gasteiger partial charge is 0.466 e. The quantitative estimate of drug-likeness (QED) is 0.331. The second-order valence-corrected chi connectivity index (χ2v) is 8.59. The normalized spacial score (nSPS) is 13.2. The van der Waals surface area contributed by atoms with E-state index in [0.29, 0.717) is 32.5 Å². The molecule has 1 aliphatic rings. The van der Waals surface area contributed by atoms with Gasteiger partial charge in [0.1, 0.15) is 5.82 Å². The van der Waals surface area contributed by atoms with E-state index in [9.17, 15) is 14.0 Å². The third-order valence-electron chi connectivity index (χ3n) is 6.35. The molecule has 0 aliphatic carbocycles. The molecule has 2 aromatic carbocycles. The highest BCUT2D eigenvalue weighted by Crippen LogP contribution is 2.32. The van der Waals surface area contributed by atoms with Crippen molar-refractivity contribution in [1.82, 2.24) is 9.47 Å². The molecule has 1 amide bonds. The minimum Gasteiger partial charge on any atom is -0.466 e. The number of unbranched alkanes of at least 4 members (excludes halogenated alkanes) is 2. The van der Waals surface area contributed by atoms with E-state index in [1.54, 1.807) is 6.92 Å². The fourth-order valence-corrected chi connectivity index (χ4v) is 4.67. The van der Waals surface area contributed by atoms with Gasteiger partial charge in [-0.25, -0.2) is 4.39 Å². The summed E-state index contributed by atoms with van der Waals surface area (Å²) in [5.41, 5.74) is 4.67. The van der Waals surface area contributed by atoms with Gasteiger partial charge in [-0.1, -0.05) is 36.8 Å². The van der Waals surface area contributed by atoms with E-state index in [1.165, 1.54) is 28.8 Å². The molecule has 1 aromatic heterocycles. The Morgan fingerprint density at radius 1 is 1.00 bits per heavy atom. The van der Waals surface area contributed by atoms with Gasteiger partial charge in [0.05, 0.1) is 13.2 Å². The SMILES string of the molecule is CCOC(=O)CCCCCC(=O)N1CCc2c(n(Cc3ccc(F)cc3)c3ccccc23)C1. The first-order valence-corrected chi connectivity index (χ1v) is 11.8. The minimum absolute atomic E-state index is 0.162. The van der Waals surface area contributed by atoms with Gasteiger partial charge in [0.2, 0.25) is 5.91 Å². The van der Waals surface area contributed by atoms with Gasteiger partial charge in [0, 0.05) is 42.5 Å². The first-order chi connectivity index (χ1) is 16.1. The summed E-state index contributed by atoms with van der Waals surface area (Å²) in [5.74, 6) is -0.242. The molecular formula is C27H31FN2O3. The van der Waals surface area contributed by atoms with Crippen molar-refractivity contribution in [3.8, 4) is 0 Å². The highest BCUT2D eigenvalue weighted by atomic mass is 19.1. The number of carbonyl (C=O) groups excluding carboxylic acids is 2. The van der Waals surface area contributed by atoms with Gasteiger partial charge >= 0.3 is 5.97 Å². The lowest BCUT2D eigenvalue weighted by Crippen LogP contribution is -2.36. The van der Waals surface area contributed by atoms with Crippen molar-refractivity contribution in [2.45, 2.75) is 58.5 Å². The maximum Gasteiger partial charge on any atom is 0.305 e. The molecule has 0 spiro atoms. The van der Waals surface area contributed by atoms with Gasteiger partial charge in [-0.05, 0) is 55.5 Å². The summed E-state index contributed by atoms with van der Waals surface area (Å²) < 4.78 is 20.6. The monoisotopic (exact) mass is 450 g/mol. The highest BCUT2D eigenvalue weighted by molar-refractivity contribution is 5.86. The molecule has 0 unspecified atom stereocenters. The predicted octanol–water partition coefficient (Wildman–Crippen LogP) is 5.23. The molecule has 2 heterocycles. The molecule has 0 N–H and O–H groups in total. The molecule has 5 nitrogen and oxygen atoms in total. The Bertz CT molecular complexity index is 1120. The number of esters is 1. The van der Waals surface area contributed by atoms with E-state index in [4.69, 9.17) is 4.74 Å². The smallest absolute Gasteiger partial charge is 0.305 e. The fourth-order valence-electron chi connectivity index (χ4n) is 4.67. The van der Waals surface area contributed by atoms with Crippen LogP contribution in [-0.2, 0) is 33.8 Å². The third kappa shape index (κ3) is 5.44. The molecule has 0 bridgehead atoms. The summed E-state index contributed by atoms with van der Waals surface area (Å²) in [6.45, 7) is 4.17. The molecule has 0 saturated heterocycles. The summed E-state index contributed by atoms with van der Waals surface area (Å²) in [6, 6.07) is 15.0. The summed E-state index contributed by atoms with van der Waals surface area (Å²) >= 11 is 0. The number of amides is 1. The zero-order chi connectivity index (χ0) is 23.2. The molecule has 0 saturated carbocycles. The summed E-state index contributed by atoms with van der Waals surface area (Å²) in [6.07, 6.45) is 4.12. The second-order valence-electron chi connectivity index (χ2n) is 8.59. The first kappa shape index (κ1) is 23.0. The van der Waals surface area contributed by atoms with Crippen molar-refractivity contribution in [1.29, 1.82) is 0 Å². The van der Waals surface area contributed by atoms with Gasteiger partial charge in [0.15, 0.2) is 0 Å². The number of hydrogen-bond acceptors (Lipinski definition) is 3. The van der Waals surface area contributed by atoms with Crippen molar-refractivity contribution in [3.05, 3.63) is 71.2 Å². The second kappa shape index (κ2) is 10.6. The van der Waals surface area contributed by atoms with Crippen LogP contribution < -0.4 is 0 Å². The number of rotatable bonds is 9. The average molecular weight is 451 g/mol. The Morgan fingerprint density at radius 3 is 2.55 bits per heavy atom. The third-order valence-corrected chi connectivity index (χ3v) is 6.35. The van der Waals surface area contributed by atoms with Gasteiger partial charge < -0.3 is 14.2 Å². The van der Waals surface area contributed by atoms with Crippen LogP contribution in [0.3, 0.4) is 0 Å². The van der Waals surface area contributed by atoms with E-state index in [2.05, 4.69) is 22.8 Å². The van der Waals surface area contributed by atoms with Crippen molar-refractivity contribution >= 4 is 22.8 Å². The molecule has 174 valence electrons. The van der Waals surface area contributed by atoms with Crippen LogP contribution in [0.1, 0.15) is 55.8 Å². The number of nitrogens with zero attached hydrogens (tertiary/aromatic N) is 2. The number of fused-ring (bicyclic) bond motifs is 3. The van der Waals surface area contributed by atoms with Crippen LogP contribution in [0.5, 0.6) is 0 Å². The molecule has 0 fully saturated rings.